The van der Waals surface area contributed by atoms with Gasteiger partial charge in [-0.1, -0.05) is 18.9 Å². The molecule has 1 aromatic rings. The van der Waals surface area contributed by atoms with Crippen LogP contribution >= 0.6 is 0 Å². The van der Waals surface area contributed by atoms with Gasteiger partial charge in [0.2, 0.25) is 0 Å². The Kier molecular flexibility index (Phi) is 2.71. The predicted molar refractivity (Wildman–Crippen MR) is 57.0 cm³/mol. The Morgan fingerprint density at radius 1 is 1.43 bits per heavy atom. The Balaban J connectivity index is 1.87. The molecule has 76 valence electrons. The zero-order valence-corrected chi connectivity index (χ0v) is 8.52. The number of benzene rings is 1. The molecule has 0 spiro atoms. The van der Waals surface area contributed by atoms with Crippen molar-refractivity contribution < 1.29 is 4.39 Å². The molecule has 1 fully saturated rings. The van der Waals surface area contributed by atoms with Crippen LogP contribution in [0.15, 0.2) is 18.2 Å². The van der Waals surface area contributed by atoms with Crippen molar-refractivity contribution in [3.63, 3.8) is 0 Å². The maximum atomic E-state index is 13.3. The molecule has 1 saturated carbocycles. The number of hydrogen-bond acceptors (Lipinski definition) is 1. The average Bonchev–Trinajstić information content (AvgIpc) is 2.92. The molecule has 1 N–H and O–H groups in total. The van der Waals surface area contributed by atoms with E-state index in [1.54, 1.807) is 6.07 Å². The molecule has 0 bridgehead atoms. The molecule has 1 aromatic carbocycles. The van der Waals surface area contributed by atoms with E-state index in [9.17, 15) is 4.39 Å². The second kappa shape index (κ2) is 3.99. The van der Waals surface area contributed by atoms with Gasteiger partial charge in [-0.05, 0) is 37.0 Å². The Labute approximate surface area is 84.3 Å². The summed E-state index contributed by atoms with van der Waals surface area (Å²) in [6, 6.07) is 5.32. The second-order valence-electron chi connectivity index (χ2n) is 4.14. The molecule has 1 nitrogen and oxygen atoms in total. The van der Waals surface area contributed by atoms with Crippen LogP contribution < -0.4 is 5.32 Å². The number of hydrogen-bond donors (Lipinski definition) is 1. The zero-order valence-electron chi connectivity index (χ0n) is 8.52. The van der Waals surface area contributed by atoms with Crippen LogP contribution in [0.3, 0.4) is 0 Å². The van der Waals surface area contributed by atoms with Crippen molar-refractivity contribution >= 4 is 5.69 Å². The highest BCUT2D eigenvalue weighted by Crippen LogP contribution is 2.32. The second-order valence-corrected chi connectivity index (χ2v) is 4.14. The van der Waals surface area contributed by atoms with E-state index in [0.717, 1.165) is 18.0 Å². The minimum Gasteiger partial charge on any atom is -0.383 e. The van der Waals surface area contributed by atoms with E-state index < -0.39 is 0 Å². The number of halogens is 1. The van der Waals surface area contributed by atoms with E-state index in [0.29, 0.717) is 5.69 Å². The fourth-order valence-corrected chi connectivity index (χ4v) is 1.58. The van der Waals surface area contributed by atoms with Gasteiger partial charge in [-0.15, -0.1) is 0 Å². The molecule has 2 heteroatoms. The average molecular weight is 193 g/mol. The smallest absolute Gasteiger partial charge is 0.146 e. The van der Waals surface area contributed by atoms with E-state index >= 15 is 0 Å². The molecule has 0 amide bonds. The lowest BCUT2D eigenvalue weighted by Gasteiger charge is -2.07. The predicted octanol–water partition coefficient (Wildman–Crippen LogP) is 3.35. The van der Waals surface area contributed by atoms with E-state index in [4.69, 9.17) is 0 Å². The molecule has 0 radical (unpaired) electrons. The van der Waals surface area contributed by atoms with Crippen molar-refractivity contribution in [3.8, 4) is 0 Å². The first kappa shape index (κ1) is 9.50. The van der Waals surface area contributed by atoms with Gasteiger partial charge in [0.15, 0.2) is 0 Å². The minimum absolute atomic E-state index is 0.138. The first-order chi connectivity index (χ1) is 6.75. The summed E-state index contributed by atoms with van der Waals surface area (Å²) < 4.78 is 13.3. The first-order valence-electron chi connectivity index (χ1n) is 5.26. The molecule has 2 rings (SSSR count). The van der Waals surface area contributed by atoms with Crippen molar-refractivity contribution in [2.75, 3.05) is 11.9 Å². The Morgan fingerprint density at radius 2 is 2.21 bits per heavy atom. The molecular weight excluding hydrogens is 177 g/mol. The van der Waals surface area contributed by atoms with Gasteiger partial charge in [0.05, 0.1) is 5.69 Å². The van der Waals surface area contributed by atoms with Crippen molar-refractivity contribution in [3.05, 3.63) is 29.6 Å². The molecule has 1 aliphatic rings. The Hall–Kier alpha value is -1.05. The standard InChI is InChI=1S/C12H16FN/c1-9-2-5-12(11(13)8-9)14-7-6-10-3-4-10/h2,5,8,10,14H,3-4,6-7H2,1H3. The lowest BCUT2D eigenvalue weighted by Crippen LogP contribution is -2.04. The van der Waals surface area contributed by atoms with Crippen molar-refractivity contribution in [1.29, 1.82) is 0 Å². The van der Waals surface area contributed by atoms with Crippen LogP contribution in [0.4, 0.5) is 10.1 Å². The summed E-state index contributed by atoms with van der Waals surface area (Å²) in [6.45, 7) is 2.79. The lowest BCUT2D eigenvalue weighted by molar-refractivity contribution is 0.627. The quantitative estimate of drug-likeness (QED) is 0.773. The van der Waals surface area contributed by atoms with Crippen LogP contribution in [0.2, 0.25) is 0 Å². The number of rotatable bonds is 4. The van der Waals surface area contributed by atoms with Crippen molar-refractivity contribution in [2.45, 2.75) is 26.2 Å². The largest absolute Gasteiger partial charge is 0.383 e. The molecule has 1 aliphatic carbocycles. The summed E-state index contributed by atoms with van der Waals surface area (Å²) in [4.78, 5) is 0. The van der Waals surface area contributed by atoms with E-state index in [-0.39, 0.29) is 5.82 Å². The third-order valence-corrected chi connectivity index (χ3v) is 2.69. The van der Waals surface area contributed by atoms with Crippen molar-refractivity contribution in [2.24, 2.45) is 5.92 Å². The minimum atomic E-state index is -0.138. The lowest BCUT2D eigenvalue weighted by atomic mass is 10.2. The normalized spacial score (nSPS) is 15.6. The summed E-state index contributed by atoms with van der Waals surface area (Å²) >= 11 is 0. The first-order valence-corrected chi connectivity index (χ1v) is 5.26. The van der Waals surface area contributed by atoms with Crippen molar-refractivity contribution in [1.82, 2.24) is 0 Å². The molecule has 0 unspecified atom stereocenters. The molecule has 0 atom stereocenters. The monoisotopic (exact) mass is 193 g/mol. The molecule has 0 saturated heterocycles. The van der Waals surface area contributed by atoms with Gasteiger partial charge in [0.1, 0.15) is 5.82 Å². The van der Waals surface area contributed by atoms with Crippen LogP contribution in [0.25, 0.3) is 0 Å². The van der Waals surface area contributed by atoms with Crippen LogP contribution in [0.5, 0.6) is 0 Å². The van der Waals surface area contributed by atoms with Crippen LogP contribution in [0.1, 0.15) is 24.8 Å². The number of nitrogens with one attached hydrogen (secondary N) is 1. The van der Waals surface area contributed by atoms with Gasteiger partial charge >= 0.3 is 0 Å². The highest BCUT2D eigenvalue weighted by atomic mass is 19.1. The summed E-state index contributed by atoms with van der Waals surface area (Å²) in [5.41, 5.74) is 1.60. The summed E-state index contributed by atoms with van der Waals surface area (Å²) in [6.07, 6.45) is 3.89. The topological polar surface area (TPSA) is 12.0 Å². The summed E-state index contributed by atoms with van der Waals surface area (Å²) in [7, 11) is 0. The summed E-state index contributed by atoms with van der Waals surface area (Å²) in [5, 5.41) is 3.14. The summed E-state index contributed by atoms with van der Waals surface area (Å²) in [5.74, 6) is 0.761. The van der Waals surface area contributed by atoms with Crippen LogP contribution in [-0.4, -0.2) is 6.54 Å². The maximum absolute atomic E-state index is 13.3. The van der Waals surface area contributed by atoms with Gasteiger partial charge in [0.25, 0.3) is 0 Å². The van der Waals surface area contributed by atoms with Gasteiger partial charge in [-0.3, -0.25) is 0 Å². The Bertz CT molecular complexity index is 318. The molecular formula is C12H16FN. The zero-order chi connectivity index (χ0) is 9.97. The van der Waals surface area contributed by atoms with Gasteiger partial charge < -0.3 is 5.32 Å². The maximum Gasteiger partial charge on any atom is 0.146 e. The number of aryl methyl sites for hydroxylation is 1. The van der Waals surface area contributed by atoms with E-state index in [1.165, 1.54) is 19.3 Å². The fraction of sp³-hybridized carbons (Fsp3) is 0.500. The van der Waals surface area contributed by atoms with Crippen LogP contribution in [0, 0.1) is 18.7 Å². The molecule has 0 aromatic heterocycles. The van der Waals surface area contributed by atoms with Gasteiger partial charge in [0, 0.05) is 6.54 Å². The highest BCUT2D eigenvalue weighted by molar-refractivity contribution is 5.46. The molecule has 0 heterocycles. The molecule has 14 heavy (non-hydrogen) atoms. The van der Waals surface area contributed by atoms with Gasteiger partial charge in [-0.25, -0.2) is 4.39 Å². The van der Waals surface area contributed by atoms with Gasteiger partial charge in [-0.2, -0.15) is 0 Å². The fourth-order valence-electron chi connectivity index (χ4n) is 1.58. The third-order valence-electron chi connectivity index (χ3n) is 2.69. The van der Waals surface area contributed by atoms with E-state index in [2.05, 4.69) is 5.32 Å². The molecule has 0 aliphatic heterocycles. The number of anilines is 1. The SMILES string of the molecule is Cc1ccc(NCCC2CC2)c(F)c1. The van der Waals surface area contributed by atoms with Crippen LogP contribution in [-0.2, 0) is 0 Å². The third kappa shape index (κ3) is 2.47. The Morgan fingerprint density at radius 3 is 2.86 bits per heavy atom. The van der Waals surface area contributed by atoms with E-state index in [1.807, 2.05) is 19.1 Å². The highest BCUT2D eigenvalue weighted by Gasteiger charge is 2.20.